The van der Waals surface area contributed by atoms with Gasteiger partial charge in [-0.2, -0.15) is 0 Å². The summed E-state index contributed by atoms with van der Waals surface area (Å²) in [7, 11) is 0. The van der Waals surface area contributed by atoms with E-state index < -0.39 is 5.91 Å². The van der Waals surface area contributed by atoms with Crippen molar-refractivity contribution in [3.63, 3.8) is 0 Å². The first kappa shape index (κ1) is 17.3. The van der Waals surface area contributed by atoms with Gasteiger partial charge in [-0.1, -0.05) is 25.7 Å². The van der Waals surface area contributed by atoms with Crippen molar-refractivity contribution in [2.45, 2.75) is 13.8 Å². The molecule has 5 heteroatoms. The zero-order valence-electron chi connectivity index (χ0n) is 13.5. The Morgan fingerprint density at radius 3 is 1.88 bits per heavy atom. The summed E-state index contributed by atoms with van der Waals surface area (Å²) in [6.07, 6.45) is 0. The van der Waals surface area contributed by atoms with Gasteiger partial charge in [0, 0.05) is 28.3 Å². The van der Waals surface area contributed by atoms with Crippen LogP contribution in [0.2, 0.25) is 0 Å². The molecule has 5 nitrogen and oxygen atoms in total. The number of amides is 2. The van der Waals surface area contributed by atoms with Crippen molar-refractivity contribution in [1.82, 2.24) is 5.48 Å². The van der Waals surface area contributed by atoms with Crippen LogP contribution in [0.3, 0.4) is 0 Å². The van der Waals surface area contributed by atoms with Crippen LogP contribution in [-0.2, 0) is 4.79 Å². The second-order valence-corrected chi connectivity index (χ2v) is 5.49. The van der Waals surface area contributed by atoms with Crippen LogP contribution in [0.4, 0.5) is 5.69 Å². The van der Waals surface area contributed by atoms with Crippen molar-refractivity contribution < 1.29 is 14.8 Å². The minimum absolute atomic E-state index is 0.0270. The van der Waals surface area contributed by atoms with E-state index in [9.17, 15) is 9.59 Å². The second-order valence-electron chi connectivity index (χ2n) is 5.49. The molecule has 0 saturated carbocycles. The lowest BCUT2D eigenvalue weighted by Gasteiger charge is -2.07. The first-order chi connectivity index (χ1) is 11.5. The van der Waals surface area contributed by atoms with Crippen LogP contribution in [0.15, 0.2) is 48.5 Å². The molecule has 0 unspecified atom stereocenters. The van der Waals surface area contributed by atoms with Gasteiger partial charge in [0.15, 0.2) is 0 Å². The maximum Gasteiger partial charge on any atom is 0.274 e. The van der Waals surface area contributed by atoms with Crippen LogP contribution < -0.4 is 10.8 Å². The van der Waals surface area contributed by atoms with E-state index in [2.05, 4.69) is 17.2 Å². The van der Waals surface area contributed by atoms with E-state index in [0.29, 0.717) is 5.56 Å². The Morgan fingerprint density at radius 1 is 0.917 bits per heavy atom. The molecule has 3 N–H and O–H groups in total. The smallest absolute Gasteiger partial charge is 0.274 e. The molecule has 2 rings (SSSR count). The third kappa shape index (κ3) is 4.70. The molecule has 0 fully saturated rings. The highest BCUT2D eigenvalue weighted by Gasteiger charge is 2.06. The zero-order valence-corrected chi connectivity index (χ0v) is 13.5. The number of rotatable bonds is 3. The Morgan fingerprint density at radius 2 is 1.42 bits per heavy atom. The largest absolute Gasteiger partial charge is 0.326 e. The van der Waals surface area contributed by atoms with Crippen molar-refractivity contribution in [2.24, 2.45) is 5.92 Å². The van der Waals surface area contributed by atoms with Crippen molar-refractivity contribution in [3.05, 3.63) is 65.2 Å². The Bertz CT molecular complexity index is 782. The summed E-state index contributed by atoms with van der Waals surface area (Å²) >= 11 is 0. The van der Waals surface area contributed by atoms with E-state index in [0.717, 1.165) is 16.8 Å². The molecule has 2 aromatic carbocycles. The van der Waals surface area contributed by atoms with Gasteiger partial charge in [0.1, 0.15) is 0 Å². The van der Waals surface area contributed by atoms with Gasteiger partial charge in [-0.3, -0.25) is 14.8 Å². The number of hydrogen-bond acceptors (Lipinski definition) is 3. The van der Waals surface area contributed by atoms with Crippen LogP contribution in [0.5, 0.6) is 0 Å². The Kier molecular flexibility index (Phi) is 5.72. The fourth-order valence-corrected chi connectivity index (χ4v) is 1.84. The maximum atomic E-state index is 11.6. The average molecular weight is 322 g/mol. The number of hydroxylamine groups is 1. The number of hydrogen-bond donors (Lipinski definition) is 3. The number of benzene rings is 2. The van der Waals surface area contributed by atoms with Crippen LogP contribution in [0.25, 0.3) is 0 Å². The maximum absolute atomic E-state index is 11.6. The van der Waals surface area contributed by atoms with E-state index in [4.69, 9.17) is 5.21 Å². The number of anilines is 1. The monoisotopic (exact) mass is 322 g/mol. The van der Waals surface area contributed by atoms with Gasteiger partial charge in [0.05, 0.1) is 0 Å². The zero-order chi connectivity index (χ0) is 17.5. The third-order valence-electron chi connectivity index (χ3n) is 3.28. The summed E-state index contributed by atoms with van der Waals surface area (Å²) in [5.41, 5.74) is 4.24. The van der Waals surface area contributed by atoms with Crippen molar-refractivity contribution in [3.8, 4) is 11.8 Å². The lowest BCUT2D eigenvalue weighted by Crippen LogP contribution is -2.18. The molecule has 122 valence electrons. The lowest BCUT2D eigenvalue weighted by atomic mass is 10.1. The van der Waals surface area contributed by atoms with Crippen molar-refractivity contribution >= 4 is 17.5 Å². The molecule has 0 heterocycles. The van der Waals surface area contributed by atoms with E-state index in [1.165, 1.54) is 0 Å². The minimum atomic E-state index is -0.562. The highest BCUT2D eigenvalue weighted by atomic mass is 16.5. The number of nitrogens with one attached hydrogen (secondary N) is 2. The molecule has 0 atom stereocenters. The highest BCUT2D eigenvalue weighted by Crippen LogP contribution is 2.11. The minimum Gasteiger partial charge on any atom is -0.326 e. The third-order valence-corrected chi connectivity index (χ3v) is 3.28. The fraction of sp³-hybridized carbons (Fsp3) is 0.158. The van der Waals surface area contributed by atoms with Gasteiger partial charge in [-0.05, 0) is 48.5 Å². The van der Waals surface area contributed by atoms with Crippen LogP contribution in [0, 0.1) is 17.8 Å². The Hall–Kier alpha value is -3.10. The second kappa shape index (κ2) is 7.95. The number of carbonyl (C=O) groups is 2. The van der Waals surface area contributed by atoms with E-state index in [1.807, 2.05) is 26.0 Å². The molecular weight excluding hydrogens is 304 g/mol. The predicted octanol–water partition coefficient (Wildman–Crippen LogP) is 2.80. The van der Waals surface area contributed by atoms with Crippen molar-refractivity contribution in [2.75, 3.05) is 5.32 Å². The molecule has 2 amide bonds. The van der Waals surface area contributed by atoms with Crippen LogP contribution in [-0.4, -0.2) is 17.0 Å². The van der Waals surface area contributed by atoms with Gasteiger partial charge in [0.25, 0.3) is 5.91 Å². The van der Waals surface area contributed by atoms with Gasteiger partial charge in [-0.25, -0.2) is 5.48 Å². The van der Waals surface area contributed by atoms with E-state index in [1.54, 1.807) is 41.9 Å². The first-order valence-electron chi connectivity index (χ1n) is 7.47. The Labute approximate surface area is 140 Å². The molecular formula is C19H18N2O3. The van der Waals surface area contributed by atoms with Gasteiger partial charge in [-0.15, -0.1) is 0 Å². The molecule has 0 bridgehead atoms. The molecule has 0 saturated heterocycles. The first-order valence-corrected chi connectivity index (χ1v) is 7.47. The molecule has 0 spiro atoms. The molecule has 0 aliphatic heterocycles. The fourth-order valence-electron chi connectivity index (χ4n) is 1.84. The van der Waals surface area contributed by atoms with Crippen LogP contribution in [0.1, 0.15) is 35.3 Å². The summed E-state index contributed by atoms with van der Waals surface area (Å²) in [5, 5.41) is 11.4. The molecule has 0 aliphatic rings. The van der Waals surface area contributed by atoms with Crippen molar-refractivity contribution in [1.29, 1.82) is 0 Å². The standard InChI is InChI=1S/C19H18N2O3/c1-13(2)18(22)20-17-11-7-15(8-12-17)4-3-14-5-9-16(10-6-14)19(23)21-24/h5-13,24H,1-2H3,(H,20,22)(H,21,23). The van der Waals surface area contributed by atoms with Gasteiger partial charge in [0.2, 0.25) is 5.91 Å². The van der Waals surface area contributed by atoms with Gasteiger partial charge >= 0.3 is 0 Å². The number of carbonyl (C=O) groups excluding carboxylic acids is 2. The SMILES string of the molecule is CC(C)C(=O)Nc1ccc(C#Cc2ccc(C(=O)NO)cc2)cc1. The summed E-state index contributed by atoms with van der Waals surface area (Å²) in [4.78, 5) is 22.8. The molecule has 0 aliphatic carbocycles. The topological polar surface area (TPSA) is 78.4 Å². The van der Waals surface area contributed by atoms with Crippen LogP contribution >= 0.6 is 0 Å². The Balaban J connectivity index is 2.05. The summed E-state index contributed by atoms with van der Waals surface area (Å²) in [5.74, 6) is 5.35. The molecule has 2 aromatic rings. The normalized spacial score (nSPS) is 9.83. The molecule has 24 heavy (non-hydrogen) atoms. The summed E-state index contributed by atoms with van der Waals surface area (Å²) < 4.78 is 0. The van der Waals surface area contributed by atoms with E-state index in [-0.39, 0.29) is 11.8 Å². The van der Waals surface area contributed by atoms with Gasteiger partial charge < -0.3 is 5.32 Å². The lowest BCUT2D eigenvalue weighted by molar-refractivity contribution is -0.118. The highest BCUT2D eigenvalue weighted by molar-refractivity contribution is 5.93. The molecule has 0 aromatic heterocycles. The summed E-state index contributed by atoms with van der Waals surface area (Å²) in [6.45, 7) is 3.68. The summed E-state index contributed by atoms with van der Waals surface area (Å²) in [6, 6.07) is 13.8. The average Bonchev–Trinajstić information content (AvgIpc) is 2.60. The predicted molar refractivity (Wildman–Crippen MR) is 91.6 cm³/mol. The van der Waals surface area contributed by atoms with E-state index >= 15 is 0 Å². The quantitative estimate of drug-likeness (QED) is 0.462. The molecule has 0 radical (unpaired) electrons.